The van der Waals surface area contributed by atoms with Crippen molar-refractivity contribution in [3.05, 3.63) is 40.5 Å². The molecule has 0 atom stereocenters. The van der Waals surface area contributed by atoms with E-state index in [1.54, 1.807) is 24.3 Å². The van der Waals surface area contributed by atoms with Crippen molar-refractivity contribution in [2.45, 2.75) is 13.3 Å². The molecule has 122 valence electrons. The zero-order valence-electron chi connectivity index (χ0n) is 12.9. The summed E-state index contributed by atoms with van der Waals surface area (Å²) >= 11 is 3.42. The van der Waals surface area contributed by atoms with Gasteiger partial charge in [-0.2, -0.15) is 0 Å². The summed E-state index contributed by atoms with van der Waals surface area (Å²) in [5.74, 6) is 1.19. The van der Waals surface area contributed by atoms with Crippen LogP contribution >= 0.6 is 15.9 Å². The highest BCUT2D eigenvalue weighted by molar-refractivity contribution is 9.10. The van der Waals surface area contributed by atoms with Crippen LogP contribution in [-0.4, -0.2) is 24.6 Å². The molecule has 1 aromatic heterocycles. The largest absolute Gasteiger partial charge is 0.493 e. The minimum absolute atomic E-state index is 0.280. The van der Waals surface area contributed by atoms with E-state index in [0.29, 0.717) is 39.6 Å². The first-order valence-electron chi connectivity index (χ1n) is 7.08. The van der Waals surface area contributed by atoms with Crippen molar-refractivity contribution < 1.29 is 14.3 Å². The van der Waals surface area contributed by atoms with Crippen LogP contribution in [0.15, 0.2) is 34.9 Å². The average molecular weight is 380 g/mol. The van der Waals surface area contributed by atoms with Crippen LogP contribution in [0, 0.1) is 0 Å². The molecule has 23 heavy (non-hydrogen) atoms. The Hall–Kier alpha value is -2.28. The normalized spacial score (nSPS) is 10.2. The molecular weight excluding hydrogens is 362 g/mol. The van der Waals surface area contributed by atoms with Gasteiger partial charge >= 0.3 is 0 Å². The highest BCUT2D eigenvalue weighted by atomic mass is 79.9. The van der Waals surface area contributed by atoms with Gasteiger partial charge in [0.15, 0.2) is 11.5 Å². The number of nitrogens with one attached hydrogen (secondary N) is 1. The summed E-state index contributed by atoms with van der Waals surface area (Å²) in [6.07, 6.45) is 2.38. The van der Waals surface area contributed by atoms with Crippen LogP contribution in [0.25, 0.3) is 0 Å². The van der Waals surface area contributed by atoms with E-state index in [4.69, 9.17) is 15.2 Å². The first-order valence-corrected chi connectivity index (χ1v) is 7.87. The third-order valence-electron chi connectivity index (χ3n) is 2.99. The summed E-state index contributed by atoms with van der Waals surface area (Å²) in [6, 6.07) is 6.63. The Morgan fingerprint density at radius 3 is 2.78 bits per heavy atom. The molecule has 2 rings (SSSR count). The first-order chi connectivity index (χ1) is 11.0. The molecule has 0 saturated carbocycles. The molecule has 7 heteroatoms. The standard InChI is InChI=1S/C16H18BrN3O3/c1-3-6-23-15-12(17)7-10(8-13(15)22-2)16(21)20-11-4-5-14(18)19-9-11/h4-5,7-9H,3,6H2,1-2H3,(H2,18,19)(H,20,21). The number of carbonyl (C=O) groups is 1. The quantitative estimate of drug-likeness (QED) is 0.802. The molecule has 0 aliphatic rings. The number of hydrogen-bond donors (Lipinski definition) is 2. The summed E-state index contributed by atoms with van der Waals surface area (Å²) in [5, 5.41) is 2.75. The van der Waals surface area contributed by atoms with Gasteiger partial charge in [0.25, 0.3) is 5.91 Å². The first kappa shape index (κ1) is 17.1. The smallest absolute Gasteiger partial charge is 0.255 e. The number of nitrogen functional groups attached to an aromatic ring is 1. The molecule has 3 N–H and O–H groups in total. The maximum Gasteiger partial charge on any atom is 0.255 e. The van der Waals surface area contributed by atoms with Crippen molar-refractivity contribution in [3.63, 3.8) is 0 Å². The molecular formula is C16H18BrN3O3. The molecule has 2 aromatic rings. The van der Waals surface area contributed by atoms with E-state index >= 15 is 0 Å². The third kappa shape index (κ3) is 4.35. The van der Waals surface area contributed by atoms with Crippen LogP contribution in [-0.2, 0) is 0 Å². The Balaban J connectivity index is 2.23. The van der Waals surface area contributed by atoms with Crippen LogP contribution < -0.4 is 20.5 Å². The van der Waals surface area contributed by atoms with Gasteiger partial charge in [0, 0.05) is 5.56 Å². The number of nitrogens with two attached hydrogens (primary N) is 1. The number of rotatable bonds is 6. The summed E-state index contributed by atoms with van der Waals surface area (Å²) in [6.45, 7) is 2.58. The Kier molecular flexibility index (Phi) is 5.81. The van der Waals surface area contributed by atoms with E-state index in [2.05, 4.69) is 26.2 Å². The van der Waals surface area contributed by atoms with Crippen LogP contribution in [0.5, 0.6) is 11.5 Å². The predicted molar refractivity (Wildman–Crippen MR) is 93.1 cm³/mol. The van der Waals surface area contributed by atoms with E-state index in [1.165, 1.54) is 13.3 Å². The van der Waals surface area contributed by atoms with Crippen LogP contribution in [0.1, 0.15) is 23.7 Å². The number of pyridine rings is 1. The zero-order valence-corrected chi connectivity index (χ0v) is 14.5. The number of anilines is 2. The van der Waals surface area contributed by atoms with E-state index in [1.807, 2.05) is 6.92 Å². The highest BCUT2D eigenvalue weighted by Crippen LogP contribution is 2.37. The van der Waals surface area contributed by atoms with Crippen LogP contribution in [0.4, 0.5) is 11.5 Å². The van der Waals surface area contributed by atoms with Gasteiger partial charge in [0.05, 0.1) is 30.1 Å². The molecule has 0 aliphatic heterocycles. The molecule has 6 nitrogen and oxygen atoms in total. The number of benzene rings is 1. The summed E-state index contributed by atoms with van der Waals surface area (Å²) in [5.41, 5.74) is 6.52. The molecule has 0 fully saturated rings. The molecule has 1 heterocycles. The number of carbonyl (C=O) groups excluding carboxylic acids is 1. The van der Waals surface area contributed by atoms with Crippen molar-refractivity contribution in [1.82, 2.24) is 4.98 Å². The molecule has 0 spiro atoms. The fourth-order valence-corrected chi connectivity index (χ4v) is 2.43. The van der Waals surface area contributed by atoms with E-state index in [0.717, 1.165) is 6.42 Å². The molecule has 0 aliphatic carbocycles. The maximum absolute atomic E-state index is 12.4. The SMILES string of the molecule is CCCOc1c(Br)cc(C(=O)Nc2ccc(N)nc2)cc1OC. The van der Waals surface area contributed by atoms with Crippen LogP contribution in [0.2, 0.25) is 0 Å². The second kappa shape index (κ2) is 7.82. The number of hydrogen-bond acceptors (Lipinski definition) is 5. The van der Waals surface area contributed by atoms with Crippen molar-refractivity contribution in [2.75, 3.05) is 24.8 Å². The van der Waals surface area contributed by atoms with Crippen molar-refractivity contribution in [2.24, 2.45) is 0 Å². The molecule has 0 saturated heterocycles. The molecule has 1 amide bonds. The second-order valence-corrected chi connectivity index (χ2v) is 5.62. The van der Waals surface area contributed by atoms with E-state index in [9.17, 15) is 4.79 Å². The number of nitrogens with zero attached hydrogens (tertiary/aromatic N) is 1. The molecule has 0 unspecified atom stereocenters. The van der Waals surface area contributed by atoms with Crippen molar-refractivity contribution >= 4 is 33.3 Å². The lowest BCUT2D eigenvalue weighted by Gasteiger charge is -2.14. The maximum atomic E-state index is 12.4. The van der Waals surface area contributed by atoms with Crippen molar-refractivity contribution in [1.29, 1.82) is 0 Å². The van der Waals surface area contributed by atoms with Gasteiger partial charge < -0.3 is 20.5 Å². The Bertz CT molecular complexity index is 690. The Morgan fingerprint density at radius 1 is 1.39 bits per heavy atom. The van der Waals surface area contributed by atoms with Gasteiger partial charge in [-0.05, 0) is 46.6 Å². The van der Waals surface area contributed by atoms with Gasteiger partial charge in [-0.3, -0.25) is 4.79 Å². The fourth-order valence-electron chi connectivity index (χ4n) is 1.88. The van der Waals surface area contributed by atoms with Crippen LogP contribution in [0.3, 0.4) is 0 Å². The molecule has 1 aromatic carbocycles. The summed E-state index contributed by atoms with van der Waals surface area (Å²) in [4.78, 5) is 16.3. The molecule has 0 radical (unpaired) electrons. The minimum atomic E-state index is -0.280. The van der Waals surface area contributed by atoms with Gasteiger partial charge in [0.1, 0.15) is 5.82 Å². The Labute approximate surface area is 143 Å². The summed E-state index contributed by atoms with van der Waals surface area (Å²) in [7, 11) is 1.53. The van der Waals surface area contributed by atoms with Gasteiger partial charge in [-0.15, -0.1) is 0 Å². The van der Waals surface area contributed by atoms with Gasteiger partial charge in [-0.25, -0.2) is 4.98 Å². The zero-order chi connectivity index (χ0) is 16.8. The topological polar surface area (TPSA) is 86.5 Å². The lowest BCUT2D eigenvalue weighted by atomic mass is 10.2. The van der Waals surface area contributed by atoms with Gasteiger partial charge in [-0.1, -0.05) is 6.92 Å². The number of amides is 1. The number of methoxy groups -OCH3 is 1. The Morgan fingerprint density at radius 2 is 2.17 bits per heavy atom. The van der Waals surface area contributed by atoms with E-state index < -0.39 is 0 Å². The number of aromatic nitrogens is 1. The van der Waals surface area contributed by atoms with Crippen molar-refractivity contribution in [3.8, 4) is 11.5 Å². The number of halogens is 1. The predicted octanol–water partition coefficient (Wildman–Crippen LogP) is 3.48. The average Bonchev–Trinajstić information content (AvgIpc) is 2.55. The number of ether oxygens (including phenoxy) is 2. The van der Waals surface area contributed by atoms with E-state index in [-0.39, 0.29) is 5.91 Å². The lowest BCUT2D eigenvalue weighted by Crippen LogP contribution is -2.13. The third-order valence-corrected chi connectivity index (χ3v) is 3.58. The second-order valence-electron chi connectivity index (χ2n) is 4.76. The van der Waals surface area contributed by atoms with Gasteiger partial charge in [0.2, 0.25) is 0 Å². The molecule has 0 bridgehead atoms. The highest BCUT2D eigenvalue weighted by Gasteiger charge is 2.15. The lowest BCUT2D eigenvalue weighted by molar-refractivity contribution is 0.102. The minimum Gasteiger partial charge on any atom is -0.493 e. The summed E-state index contributed by atoms with van der Waals surface area (Å²) < 4.78 is 11.6. The monoisotopic (exact) mass is 379 g/mol. The fraction of sp³-hybridized carbons (Fsp3) is 0.250.